The summed E-state index contributed by atoms with van der Waals surface area (Å²) < 4.78 is 0. The first-order valence-electron chi connectivity index (χ1n) is 14.4. The molecule has 5 heterocycles. The van der Waals surface area contributed by atoms with Gasteiger partial charge >= 0.3 is 11.9 Å². The zero-order valence-electron chi connectivity index (χ0n) is 25.1. The van der Waals surface area contributed by atoms with E-state index in [1.54, 1.807) is 0 Å². The van der Waals surface area contributed by atoms with Gasteiger partial charge < -0.3 is 20.2 Å². The van der Waals surface area contributed by atoms with Gasteiger partial charge in [-0.25, -0.2) is 9.97 Å². The zero-order valence-corrected chi connectivity index (χ0v) is 28.2. The average Bonchev–Trinajstić information content (AvgIpc) is 3.63. The third kappa shape index (κ3) is 5.97. The molecule has 2 aliphatic rings. The predicted octanol–water partition coefficient (Wildman–Crippen LogP) is 9.00. The van der Waals surface area contributed by atoms with Crippen LogP contribution in [0.15, 0.2) is 30.8 Å². The fraction of sp³-hybridized carbons (Fsp3) is 0.294. The van der Waals surface area contributed by atoms with Crippen molar-refractivity contribution in [3.8, 4) is 0 Å². The van der Waals surface area contributed by atoms with Gasteiger partial charge in [0, 0.05) is 45.8 Å². The molecule has 1 unspecified atom stereocenters. The number of aromatic amines is 2. The van der Waals surface area contributed by atoms with Crippen molar-refractivity contribution in [2.75, 3.05) is 5.33 Å². The Morgan fingerprint density at radius 2 is 1.30 bits per heavy atom. The predicted molar refractivity (Wildman–Crippen MR) is 185 cm³/mol. The lowest BCUT2D eigenvalue weighted by atomic mass is 9.98. The third-order valence-electron chi connectivity index (χ3n) is 8.46. The first-order valence-corrected chi connectivity index (χ1v) is 16.4. The molecule has 2 aliphatic heterocycles. The van der Waals surface area contributed by atoms with E-state index < -0.39 is 11.9 Å². The molecule has 0 spiro atoms. The number of allylic oxidation sites excluding steroid dienone is 4. The van der Waals surface area contributed by atoms with Crippen LogP contribution in [0.1, 0.15) is 89.4 Å². The Kier molecular flexibility index (Phi) is 9.13. The highest BCUT2D eigenvalue weighted by atomic mass is 79.9. The number of aromatic nitrogens is 4. The summed E-state index contributed by atoms with van der Waals surface area (Å²) in [7, 11) is 0. The number of hydrogen-bond acceptors (Lipinski definition) is 4. The summed E-state index contributed by atoms with van der Waals surface area (Å²) in [6, 6.07) is 7.99. The zero-order chi connectivity index (χ0) is 31.9. The Hall–Kier alpha value is -3.76. The largest absolute Gasteiger partial charge is 0.481 e. The number of alkyl halides is 2. The number of aliphatic carboxylic acids is 2. The Labute approximate surface area is 272 Å². The maximum atomic E-state index is 11.6. The lowest BCUT2D eigenvalue weighted by Gasteiger charge is -2.06. The molecule has 1 atom stereocenters. The van der Waals surface area contributed by atoms with E-state index in [0.717, 1.165) is 78.0 Å². The van der Waals surface area contributed by atoms with E-state index >= 15 is 0 Å². The number of carbonyl (C=O) groups is 2. The number of carboxylic acids is 2. The van der Waals surface area contributed by atoms with Crippen molar-refractivity contribution in [3.63, 3.8) is 0 Å². The number of rotatable bonds is 9. The van der Waals surface area contributed by atoms with Crippen LogP contribution in [-0.4, -0.2) is 47.4 Å². The molecule has 8 bridgehead atoms. The number of halogens is 2. The Balaban J connectivity index is 1.94. The van der Waals surface area contributed by atoms with Gasteiger partial charge in [0.05, 0.1) is 27.6 Å². The van der Waals surface area contributed by atoms with E-state index in [0.29, 0.717) is 29.6 Å². The summed E-state index contributed by atoms with van der Waals surface area (Å²) in [5.41, 5.74) is 14.1. The molecule has 0 saturated carbocycles. The van der Waals surface area contributed by atoms with Crippen molar-refractivity contribution >= 4 is 94.2 Å². The van der Waals surface area contributed by atoms with Gasteiger partial charge in [0.15, 0.2) is 0 Å². The maximum absolute atomic E-state index is 11.6. The van der Waals surface area contributed by atoms with Gasteiger partial charge in [-0.05, 0) is 104 Å². The van der Waals surface area contributed by atoms with E-state index in [2.05, 4.69) is 68.3 Å². The molecule has 0 aromatic carbocycles. The molecule has 228 valence electrons. The summed E-state index contributed by atoms with van der Waals surface area (Å²) in [4.78, 5) is 40.4. The average molecular weight is 722 g/mol. The molecule has 0 aliphatic carbocycles. The van der Waals surface area contributed by atoms with Crippen molar-refractivity contribution in [2.45, 2.75) is 58.2 Å². The minimum absolute atomic E-state index is 0.0366. The second-order valence-corrected chi connectivity index (χ2v) is 12.9. The monoisotopic (exact) mass is 720 g/mol. The third-order valence-corrected chi connectivity index (χ3v) is 10.8. The van der Waals surface area contributed by atoms with Crippen molar-refractivity contribution in [2.24, 2.45) is 0 Å². The van der Waals surface area contributed by atoms with E-state index in [1.165, 1.54) is 0 Å². The smallest absolute Gasteiger partial charge is 0.303 e. The summed E-state index contributed by atoms with van der Waals surface area (Å²) >= 11 is 7.48. The minimum atomic E-state index is -0.888. The Bertz CT molecular complexity index is 1950. The van der Waals surface area contributed by atoms with E-state index in [1.807, 2.05) is 38.1 Å². The Morgan fingerprint density at radius 1 is 0.795 bits per heavy atom. The molecule has 44 heavy (non-hydrogen) atoms. The first kappa shape index (κ1) is 31.7. The second-order valence-electron chi connectivity index (χ2n) is 11.1. The SMILES string of the molecule is C=Cc1c(C)c2cc3[nH]c(cc4nc(cc5nc(cc1[nH]2)C(C)=C5CCC(=O)O)C(CCC(=O)O)=C4C)c(C)c3C(Br)CBr. The molecule has 10 heteroatoms. The van der Waals surface area contributed by atoms with Crippen molar-refractivity contribution < 1.29 is 19.8 Å². The van der Waals surface area contributed by atoms with Crippen LogP contribution in [0.25, 0.3) is 50.4 Å². The van der Waals surface area contributed by atoms with Crippen LogP contribution < -0.4 is 0 Å². The lowest BCUT2D eigenvalue weighted by molar-refractivity contribution is -0.137. The summed E-state index contributed by atoms with van der Waals surface area (Å²) in [5, 5.41) is 19.7. The lowest BCUT2D eigenvalue weighted by Crippen LogP contribution is -1.97. The van der Waals surface area contributed by atoms with Crippen molar-refractivity contribution in [1.29, 1.82) is 0 Å². The van der Waals surface area contributed by atoms with Crippen molar-refractivity contribution in [3.05, 3.63) is 75.9 Å². The van der Waals surface area contributed by atoms with Crippen LogP contribution in [-0.2, 0) is 9.59 Å². The van der Waals surface area contributed by atoms with Crippen LogP contribution in [0, 0.1) is 13.8 Å². The number of aryl methyl sites for hydroxylation is 2. The molecular formula is C34H34Br2N4O4. The maximum Gasteiger partial charge on any atom is 0.303 e. The number of fused-ring (bicyclic) bond motifs is 8. The molecular weight excluding hydrogens is 688 g/mol. The van der Waals surface area contributed by atoms with Gasteiger partial charge in [0.2, 0.25) is 0 Å². The van der Waals surface area contributed by atoms with Gasteiger partial charge in [0.25, 0.3) is 0 Å². The van der Waals surface area contributed by atoms with Gasteiger partial charge in [-0.2, -0.15) is 0 Å². The van der Waals surface area contributed by atoms with Gasteiger partial charge in [-0.3, -0.25) is 9.59 Å². The molecule has 0 radical (unpaired) electrons. The van der Waals surface area contributed by atoms with E-state index in [-0.39, 0.29) is 17.7 Å². The number of hydrogen-bond donors (Lipinski definition) is 4. The molecule has 5 rings (SSSR count). The number of H-pyrrole nitrogens is 2. The van der Waals surface area contributed by atoms with Gasteiger partial charge in [-0.1, -0.05) is 44.5 Å². The number of nitrogens with one attached hydrogen (secondary N) is 2. The molecule has 0 fully saturated rings. The summed E-state index contributed by atoms with van der Waals surface area (Å²) in [5.74, 6) is -1.77. The number of carboxylic acid groups (broad SMARTS) is 2. The highest BCUT2D eigenvalue weighted by Gasteiger charge is 2.23. The molecule has 3 aromatic heterocycles. The van der Waals surface area contributed by atoms with E-state index in [4.69, 9.17) is 9.97 Å². The summed E-state index contributed by atoms with van der Waals surface area (Å²) in [6.07, 6.45) is 2.37. The highest BCUT2D eigenvalue weighted by molar-refractivity contribution is 9.12. The quantitative estimate of drug-likeness (QED) is 0.163. The first-order chi connectivity index (χ1) is 20.9. The fourth-order valence-electron chi connectivity index (χ4n) is 5.98. The standard InChI is InChI=1S/C34H34Br2N4O4/c1-6-20-16(2)26-13-31-34(23(36)15-35)19(5)27(40-31)11-24-17(3)21(7-9-32(41)42)29(38-24)14-30-22(8-10-33(43)44)18(4)25(39-30)12-28(20)37-26/h6,11-14,23,37,40H,1,7-10,15H2,2-5H3,(H,41,42)(H,43,44). The second kappa shape index (κ2) is 12.7. The van der Waals surface area contributed by atoms with Crippen LogP contribution in [0.4, 0.5) is 0 Å². The molecule has 8 nitrogen and oxygen atoms in total. The van der Waals surface area contributed by atoms with Crippen LogP contribution in [0.2, 0.25) is 0 Å². The highest BCUT2D eigenvalue weighted by Crippen LogP contribution is 2.39. The van der Waals surface area contributed by atoms with Crippen LogP contribution in [0.3, 0.4) is 0 Å². The normalized spacial score (nSPS) is 13.9. The molecule has 0 saturated heterocycles. The Morgan fingerprint density at radius 3 is 1.80 bits per heavy atom. The molecule has 3 aromatic rings. The number of nitrogens with zero attached hydrogens (tertiary/aromatic N) is 2. The van der Waals surface area contributed by atoms with Gasteiger partial charge in [0.1, 0.15) is 0 Å². The van der Waals surface area contributed by atoms with Crippen LogP contribution >= 0.6 is 31.9 Å². The fourth-order valence-corrected chi connectivity index (χ4v) is 6.90. The van der Waals surface area contributed by atoms with Crippen molar-refractivity contribution in [1.82, 2.24) is 19.9 Å². The minimum Gasteiger partial charge on any atom is -0.481 e. The molecule has 0 amide bonds. The summed E-state index contributed by atoms with van der Waals surface area (Å²) in [6.45, 7) is 12.1. The van der Waals surface area contributed by atoms with Gasteiger partial charge in [-0.15, -0.1) is 0 Å². The van der Waals surface area contributed by atoms with Crippen LogP contribution in [0.5, 0.6) is 0 Å². The van der Waals surface area contributed by atoms with E-state index in [9.17, 15) is 19.8 Å². The molecule has 4 N–H and O–H groups in total. The topological polar surface area (TPSA) is 132 Å².